The van der Waals surface area contributed by atoms with Crippen LogP contribution in [0.1, 0.15) is 0 Å². The van der Waals surface area contributed by atoms with Gasteiger partial charge in [0.2, 0.25) is 0 Å². The van der Waals surface area contributed by atoms with Crippen LogP contribution < -0.4 is 9.79 Å². The molecule has 18 heavy (non-hydrogen) atoms. The average molecular weight is 238 g/mol. The van der Waals surface area contributed by atoms with E-state index in [-0.39, 0.29) is 0 Å². The Morgan fingerprint density at radius 3 is 2.17 bits per heavy atom. The summed E-state index contributed by atoms with van der Waals surface area (Å²) in [5, 5.41) is 19.8. The van der Waals surface area contributed by atoms with Crippen molar-refractivity contribution in [2.75, 3.05) is 0 Å². The Morgan fingerprint density at radius 2 is 1.50 bits per heavy atom. The molecule has 0 atom stereocenters. The number of hydrogen-bond acceptors (Lipinski definition) is 3. The van der Waals surface area contributed by atoms with E-state index in [1.54, 1.807) is 0 Å². The summed E-state index contributed by atoms with van der Waals surface area (Å²) in [5.74, 6) is 0. The molecule has 0 bridgehead atoms. The largest absolute Gasteiger partial charge is 0.816 e. The van der Waals surface area contributed by atoms with E-state index in [4.69, 9.17) is 0 Å². The van der Waals surface area contributed by atoms with E-state index < -0.39 is 6.01 Å². The Morgan fingerprint density at radius 1 is 0.889 bits per heavy atom. The molecule has 1 aromatic heterocycles. The highest BCUT2D eigenvalue weighted by atomic mass is 16.3. The summed E-state index contributed by atoms with van der Waals surface area (Å²) < 4.78 is 1.27. The van der Waals surface area contributed by atoms with Gasteiger partial charge < -0.3 is 5.11 Å². The monoisotopic (exact) mass is 238 g/mol. The first-order valence-electron chi connectivity index (χ1n) is 5.52. The van der Waals surface area contributed by atoms with E-state index in [1.807, 2.05) is 60.7 Å². The Hall–Kier alpha value is -2.69. The van der Waals surface area contributed by atoms with Crippen molar-refractivity contribution in [2.24, 2.45) is 0 Å². The zero-order chi connectivity index (χ0) is 12.4. The first-order chi connectivity index (χ1) is 8.84. The molecule has 0 amide bonds. The van der Waals surface area contributed by atoms with Crippen molar-refractivity contribution in [3.8, 4) is 17.4 Å². The lowest BCUT2D eigenvalue weighted by Gasteiger charge is -1.97. The average Bonchev–Trinajstić information content (AvgIpc) is 2.83. The van der Waals surface area contributed by atoms with Crippen LogP contribution in [0.25, 0.3) is 11.4 Å². The van der Waals surface area contributed by atoms with E-state index in [9.17, 15) is 5.11 Å². The van der Waals surface area contributed by atoms with Crippen LogP contribution >= 0.6 is 0 Å². The van der Waals surface area contributed by atoms with Gasteiger partial charge in [-0.3, -0.25) is 0 Å². The highest BCUT2D eigenvalue weighted by Crippen LogP contribution is 2.05. The second-order valence-corrected chi connectivity index (χ2v) is 3.74. The van der Waals surface area contributed by atoms with Crippen LogP contribution in [0.2, 0.25) is 0 Å². The van der Waals surface area contributed by atoms with E-state index in [0.29, 0.717) is 5.69 Å². The van der Waals surface area contributed by atoms with Crippen molar-refractivity contribution in [1.82, 2.24) is 15.1 Å². The van der Waals surface area contributed by atoms with Crippen LogP contribution in [0.15, 0.2) is 60.7 Å². The minimum Gasteiger partial charge on any atom is -0.816 e. The fraction of sp³-hybridized carbons (Fsp3) is 0. The molecule has 0 N–H and O–H groups in total. The van der Waals surface area contributed by atoms with Gasteiger partial charge in [-0.2, -0.15) is 0 Å². The molecule has 2 aromatic carbocycles. The van der Waals surface area contributed by atoms with Crippen LogP contribution in [0.5, 0.6) is 6.01 Å². The van der Waals surface area contributed by atoms with Crippen LogP contribution in [-0.4, -0.2) is 15.1 Å². The molecule has 3 rings (SSSR count). The predicted octanol–water partition coefficient (Wildman–Crippen LogP) is 0.618. The zero-order valence-electron chi connectivity index (χ0n) is 9.47. The summed E-state index contributed by atoms with van der Waals surface area (Å²) in [7, 11) is 0. The maximum atomic E-state index is 11.8. The van der Waals surface area contributed by atoms with E-state index in [0.717, 1.165) is 5.69 Å². The summed E-state index contributed by atoms with van der Waals surface area (Å²) >= 11 is 0. The summed E-state index contributed by atoms with van der Waals surface area (Å²) in [4.78, 5) is 1.33. The fourth-order valence-electron chi connectivity index (χ4n) is 1.67. The molecule has 0 aliphatic carbocycles. The molecule has 0 aliphatic rings. The number of aromatic nitrogens is 4. The first kappa shape index (κ1) is 10.5. The highest BCUT2D eigenvalue weighted by Gasteiger charge is 2.14. The molecule has 0 saturated carbocycles. The Labute approximate surface area is 104 Å². The molecular formula is C13H10N4O. The zero-order valence-corrected chi connectivity index (χ0v) is 9.47. The molecular weight excluding hydrogens is 228 g/mol. The first-order valence-corrected chi connectivity index (χ1v) is 5.52. The molecule has 0 radical (unpaired) electrons. The Balaban J connectivity index is 2.07. The summed E-state index contributed by atoms with van der Waals surface area (Å²) in [5.41, 5.74) is 1.45. The summed E-state index contributed by atoms with van der Waals surface area (Å²) in [6, 6.07) is 18.1. The molecule has 3 aromatic rings. The van der Waals surface area contributed by atoms with Gasteiger partial charge in [-0.15, -0.1) is 4.68 Å². The predicted molar refractivity (Wildman–Crippen MR) is 62.3 cm³/mol. The molecule has 0 unspecified atom stereocenters. The van der Waals surface area contributed by atoms with Crippen molar-refractivity contribution >= 4 is 0 Å². The third kappa shape index (κ3) is 1.82. The van der Waals surface area contributed by atoms with Crippen LogP contribution in [-0.2, 0) is 0 Å². The van der Waals surface area contributed by atoms with E-state index >= 15 is 0 Å². The van der Waals surface area contributed by atoms with E-state index in [2.05, 4.69) is 10.3 Å². The SMILES string of the molecule is [O-]c1nn(-c2ccccc2)n[n+]1-c1ccccc1. The number of rotatable bonds is 2. The normalized spacial score (nSPS) is 10.4. The van der Waals surface area contributed by atoms with E-state index in [1.165, 1.54) is 9.48 Å². The lowest BCUT2D eigenvalue weighted by atomic mass is 10.3. The van der Waals surface area contributed by atoms with Gasteiger partial charge in [0.1, 0.15) is 5.69 Å². The Kier molecular flexibility index (Phi) is 2.49. The molecule has 5 heteroatoms. The smallest absolute Gasteiger partial charge is 0.272 e. The van der Waals surface area contributed by atoms with Gasteiger partial charge in [0, 0.05) is 4.80 Å². The molecule has 5 nitrogen and oxygen atoms in total. The highest BCUT2D eigenvalue weighted by molar-refractivity contribution is 5.28. The quantitative estimate of drug-likeness (QED) is 0.615. The number of para-hydroxylation sites is 2. The number of tetrazole rings is 1. The minimum absolute atomic E-state index is 0.398. The number of hydrogen-bond donors (Lipinski definition) is 0. The van der Waals surface area contributed by atoms with Crippen molar-refractivity contribution in [3.63, 3.8) is 0 Å². The van der Waals surface area contributed by atoms with Crippen molar-refractivity contribution < 1.29 is 9.79 Å². The van der Waals surface area contributed by atoms with Gasteiger partial charge in [-0.1, -0.05) is 36.4 Å². The van der Waals surface area contributed by atoms with Gasteiger partial charge in [0.15, 0.2) is 5.69 Å². The van der Waals surface area contributed by atoms with Crippen molar-refractivity contribution in [2.45, 2.75) is 0 Å². The van der Waals surface area contributed by atoms with Crippen molar-refractivity contribution in [3.05, 3.63) is 60.7 Å². The molecule has 88 valence electrons. The molecule has 0 spiro atoms. The fourth-order valence-corrected chi connectivity index (χ4v) is 1.67. The topological polar surface area (TPSA) is 57.7 Å². The van der Waals surface area contributed by atoms with Gasteiger partial charge in [0.25, 0.3) is 6.01 Å². The standard InChI is InChI=1S/C13H10N4O/c18-13-14-17(12-9-5-2-6-10-12)15-16(13)11-7-3-1-4-8-11/h1-10H. The molecule has 0 fully saturated rings. The van der Waals surface area contributed by atoms with Crippen LogP contribution in [0.4, 0.5) is 0 Å². The molecule has 0 aliphatic heterocycles. The third-order valence-electron chi connectivity index (χ3n) is 2.52. The van der Waals surface area contributed by atoms with Crippen molar-refractivity contribution in [1.29, 1.82) is 0 Å². The van der Waals surface area contributed by atoms with Crippen LogP contribution in [0.3, 0.4) is 0 Å². The van der Waals surface area contributed by atoms with Crippen LogP contribution in [0, 0.1) is 0 Å². The lowest BCUT2D eigenvalue weighted by molar-refractivity contribution is -0.704. The van der Waals surface area contributed by atoms with Gasteiger partial charge >= 0.3 is 0 Å². The van der Waals surface area contributed by atoms with Gasteiger partial charge in [-0.25, -0.2) is 0 Å². The maximum Gasteiger partial charge on any atom is 0.272 e. The second-order valence-electron chi connectivity index (χ2n) is 3.74. The van der Waals surface area contributed by atoms with Gasteiger partial charge in [-0.05, 0) is 24.3 Å². The number of nitrogens with zero attached hydrogens (tertiary/aromatic N) is 4. The third-order valence-corrected chi connectivity index (χ3v) is 2.52. The lowest BCUT2D eigenvalue weighted by Crippen LogP contribution is -2.36. The Bertz CT molecular complexity index is 649. The number of benzene rings is 2. The maximum absolute atomic E-state index is 11.8. The van der Waals surface area contributed by atoms with Gasteiger partial charge in [0.05, 0.1) is 10.3 Å². The minimum atomic E-state index is -0.398. The molecule has 0 saturated heterocycles. The summed E-state index contributed by atoms with van der Waals surface area (Å²) in [6.07, 6.45) is 0. The summed E-state index contributed by atoms with van der Waals surface area (Å²) in [6.45, 7) is 0. The molecule has 1 heterocycles. The second kappa shape index (κ2) is 4.29.